The highest BCUT2D eigenvalue weighted by Crippen LogP contribution is 2.34. The summed E-state index contributed by atoms with van der Waals surface area (Å²) < 4.78 is 1.60. The molecule has 1 unspecified atom stereocenters. The summed E-state index contributed by atoms with van der Waals surface area (Å²) in [4.78, 5) is 0. The average Bonchev–Trinajstić information content (AvgIpc) is 3.14. The van der Waals surface area contributed by atoms with E-state index in [9.17, 15) is 5.11 Å². The first kappa shape index (κ1) is 18.5. The molecule has 28 heavy (non-hydrogen) atoms. The highest BCUT2D eigenvalue weighted by molar-refractivity contribution is 6.42. The van der Waals surface area contributed by atoms with Gasteiger partial charge in [0.1, 0.15) is 11.1 Å². The second-order valence-corrected chi connectivity index (χ2v) is 7.04. The zero-order valence-corrected chi connectivity index (χ0v) is 16.1. The zero-order chi connectivity index (χ0) is 19.6. The van der Waals surface area contributed by atoms with E-state index in [1.54, 1.807) is 35.2 Å². The van der Waals surface area contributed by atoms with Gasteiger partial charge in [0.2, 0.25) is 0 Å². The second-order valence-electron chi connectivity index (χ2n) is 6.22. The number of hydrogen-bond acceptors (Lipinski definition) is 3. The summed E-state index contributed by atoms with van der Waals surface area (Å²) in [5.41, 5.74) is 4.48. The Morgan fingerprint density at radius 2 is 1.64 bits per heavy atom. The van der Waals surface area contributed by atoms with Gasteiger partial charge in [0.25, 0.3) is 0 Å². The van der Waals surface area contributed by atoms with Crippen molar-refractivity contribution in [3.05, 3.63) is 106 Å². The highest BCUT2D eigenvalue weighted by atomic mass is 35.5. The first-order valence-electron chi connectivity index (χ1n) is 8.55. The first-order chi connectivity index (χ1) is 13.6. The topological polar surface area (TPSA) is 50.9 Å². The van der Waals surface area contributed by atoms with Crippen LogP contribution < -0.4 is 0 Å². The maximum Gasteiger partial charge on any atom is 0.141 e. The maximum atomic E-state index is 11.5. The van der Waals surface area contributed by atoms with E-state index in [-0.39, 0.29) is 0 Å². The van der Waals surface area contributed by atoms with Gasteiger partial charge in [-0.1, -0.05) is 76.9 Å². The fourth-order valence-electron chi connectivity index (χ4n) is 2.97. The largest absolute Gasteiger partial charge is 0.376 e. The van der Waals surface area contributed by atoms with Gasteiger partial charge in [-0.25, -0.2) is 4.68 Å². The molecule has 4 aromatic rings. The number of benzene rings is 3. The molecule has 1 heterocycles. The van der Waals surface area contributed by atoms with Crippen molar-refractivity contribution < 1.29 is 5.11 Å². The summed E-state index contributed by atoms with van der Waals surface area (Å²) in [6.45, 7) is 0. The number of nitrogens with zero attached hydrogens (tertiary/aromatic N) is 3. The van der Waals surface area contributed by atoms with E-state index in [1.807, 2.05) is 54.6 Å². The summed E-state index contributed by atoms with van der Waals surface area (Å²) in [6.07, 6.45) is 3.19. The Kier molecular flexibility index (Phi) is 5.03. The third-order valence-corrected chi connectivity index (χ3v) is 5.18. The van der Waals surface area contributed by atoms with Gasteiger partial charge in [-0.2, -0.15) is 0 Å². The molecular formula is C22H15Cl2N3O. The number of rotatable bonds is 4. The number of aliphatic hydroxyl groups is 1. The average molecular weight is 408 g/mol. The van der Waals surface area contributed by atoms with Crippen molar-refractivity contribution in [2.75, 3.05) is 0 Å². The smallest absolute Gasteiger partial charge is 0.141 e. The molecule has 0 aliphatic rings. The summed E-state index contributed by atoms with van der Waals surface area (Å²) in [5, 5.41) is 20.5. The monoisotopic (exact) mass is 407 g/mol. The SMILES string of the molecule is OC(C=C=Cn1nnc2ccccc21)(c1ccccc1)c1ccc(Cl)c(Cl)c1. The minimum atomic E-state index is -1.44. The van der Waals surface area contributed by atoms with Crippen LogP contribution in [-0.4, -0.2) is 20.1 Å². The van der Waals surface area contributed by atoms with Gasteiger partial charge >= 0.3 is 0 Å². The van der Waals surface area contributed by atoms with E-state index < -0.39 is 5.60 Å². The second kappa shape index (κ2) is 7.63. The van der Waals surface area contributed by atoms with E-state index in [4.69, 9.17) is 23.2 Å². The Labute approximate surface area is 172 Å². The van der Waals surface area contributed by atoms with Crippen LogP contribution in [0.3, 0.4) is 0 Å². The normalized spacial score (nSPS) is 13.0. The van der Waals surface area contributed by atoms with Gasteiger partial charge in [-0.05, 0) is 41.5 Å². The molecular weight excluding hydrogens is 393 g/mol. The molecule has 3 aromatic carbocycles. The molecule has 0 fully saturated rings. The van der Waals surface area contributed by atoms with Crippen molar-refractivity contribution in [2.45, 2.75) is 5.60 Å². The Hall–Kier alpha value is -2.88. The molecule has 1 atom stereocenters. The predicted molar refractivity (Wildman–Crippen MR) is 112 cm³/mol. The lowest BCUT2D eigenvalue weighted by molar-refractivity contribution is 0.135. The molecule has 0 radical (unpaired) electrons. The summed E-state index contributed by atoms with van der Waals surface area (Å²) in [5.74, 6) is 0. The fourth-order valence-corrected chi connectivity index (χ4v) is 3.27. The Morgan fingerprint density at radius 3 is 2.43 bits per heavy atom. The van der Waals surface area contributed by atoms with Gasteiger partial charge in [-0.15, -0.1) is 10.8 Å². The summed E-state index contributed by atoms with van der Waals surface area (Å²) in [6, 6.07) is 22.0. The molecule has 0 aliphatic carbocycles. The molecule has 0 saturated heterocycles. The minimum Gasteiger partial charge on any atom is -0.376 e. The highest BCUT2D eigenvalue weighted by Gasteiger charge is 2.29. The Bertz CT molecular complexity index is 1200. The first-order valence-corrected chi connectivity index (χ1v) is 9.31. The van der Waals surface area contributed by atoms with E-state index in [0.717, 1.165) is 11.0 Å². The van der Waals surface area contributed by atoms with Gasteiger partial charge in [0.15, 0.2) is 0 Å². The van der Waals surface area contributed by atoms with E-state index in [0.29, 0.717) is 21.2 Å². The quantitative estimate of drug-likeness (QED) is 0.467. The lowest BCUT2D eigenvalue weighted by Gasteiger charge is -2.25. The molecule has 4 rings (SSSR count). The Balaban J connectivity index is 1.82. The molecule has 6 heteroatoms. The van der Waals surface area contributed by atoms with Gasteiger partial charge in [-0.3, -0.25) is 0 Å². The van der Waals surface area contributed by atoms with Crippen LogP contribution in [0.15, 0.2) is 84.6 Å². The lowest BCUT2D eigenvalue weighted by atomic mass is 9.86. The predicted octanol–water partition coefficient (Wildman–Crippen LogP) is 5.30. The van der Waals surface area contributed by atoms with Crippen LogP contribution in [0.25, 0.3) is 17.2 Å². The fraction of sp³-hybridized carbons (Fsp3) is 0.0455. The number of halogens is 2. The molecule has 0 bridgehead atoms. The molecule has 138 valence electrons. The van der Waals surface area contributed by atoms with Gasteiger partial charge in [0, 0.05) is 0 Å². The molecule has 0 saturated carbocycles. The third-order valence-electron chi connectivity index (χ3n) is 4.44. The van der Waals surface area contributed by atoms with Crippen LogP contribution in [0.5, 0.6) is 0 Å². The van der Waals surface area contributed by atoms with Crippen LogP contribution in [0, 0.1) is 0 Å². The van der Waals surface area contributed by atoms with Crippen LogP contribution in [-0.2, 0) is 5.60 Å². The molecule has 0 amide bonds. The number of fused-ring (bicyclic) bond motifs is 1. The molecule has 4 nitrogen and oxygen atoms in total. The van der Waals surface area contributed by atoms with Crippen molar-refractivity contribution in [1.82, 2.24) is 15.0 Å². The zero-order valence-electron chi connectivity index (χ0n) is 14.6. The molecule has 1 N–H and O–H groups in total. The van der Waals surface area contributed by atoms with E-state index in [1.165, 1.54) is 0 Å². The summed E-state index contributed by atoms with van der Waals surface area (Å²) in [7, 11) is 0. The minimum absolute atomic E-state index is 0.369. The number of aromatic nitrogens is 3. The lowest BCUT2D eigenvalue weighted by Crippen LogP contribution is -2.24. The van der Waals surface area contributed by atoms with Crippen molar-refractivity contribution in [1.29, 1.82) is 0 Å². The maximum absolute atomic E-state index is 11.5. The van der Waals surface area contributed by atoms with E-state index in [2.05, 4.69) is 16.0 Å². The van der Waals surface area contributed by atoms with Crippen LogP contribution in [0.4, 0.5) is 0 Å². The van der Waals surface area contributed by atoms with Crippen molar-refractivity contribution in [3.63, 3.8) is 0 Å². The standard InChI is InChI=1S/C22H15Cl2N3O/c23-18-12-11-17(15-19(18)24)22(28,16-7-2-1-3-8-16)13-6-14-27-21-10-5-4-9-20(21)25-26-27/h1-5,7-15,28H. The van der Waals surface area contributed by atoms with E-state index >= 15 is 0 Å². The van der Waals surface area contributed by atoms with Crippen LogP contribution in [0.1, 0.15) is 11.1 Å². The molecule has 0 aliphatic heterocycles. The van der Waals surface area contributed by atoms with Gasteiger partial charge in [0.05, 0.1) is 21.8 Å². The molecule has 1 aromatic heterocycles. The van der Waals surface area contributed by atoms with Crippen LogP contribution >= 0.6 is 23.2 Å². The summed E-state index contributed by atoms with van der Waals surface area (Å²) >= 11 is 12.2. The number of hydrogen-bond donors (Lipinski definition) is 1. The molecule has 0 spiro atoms. The third kappa shape index (κ3) is 3.47. The Morgan fingerprint density at radius 1 is 0.893 bits per heavy atom. The van der Waals surface area contributed by atoms with Gasteiger partial charge < -0.3 is 5.11 Å². The number of para-hydroxylation sites is 1. The van der Waals surface area contributed by atoms with Crippen molar-refractivity contribution >= 4 is 40.4 Å². The van der Waals surface area contributed by atoms with Crippen molar-refractivity contribution in [3.8, 4) is 0 Å². The van der Waals surface area contributed by atoms with Crippen molar-refractivity contribution in [2.24, 2.45) is 0 Å². The van der Waals surface area contributed by atoms with Crippen LogP contribution in [0.2, 0.25) is 10.0 Å².